The van der Waals surface area contributed by atoms with Crippen molar-refractivity contribution in [2.24, 2.45) is 17.1 Å². The average Bonchev–Trinajstić information content (AvgIpc) is 2.42. The molecule has 1 aliphatic carbocycles. The van der Waals surface area contributed by atoms with Crippen molar-refractivity contribution in [1.29, 1.82) is 0 Å². The van der Waals surface area contributed by atoms with Crippen molar-refractivity contribution in [2.75, 3.05) is 11.9 Å². The molecule has 0 amide bonds. The van der Waals surface area contributed by atoms with Gasteiger partial charge < -0.3 is 11.1 Å². The molecule has 1 aliphatic rings. The Morgan fingerprint density at radius 1 is 1.33 bits per heavy atom. The van der Waals surface area contributed by atoms with Gasteiger partial charge >= 0.3 is 0 Å². The molecular formula is C17H26ClFN2. The Kier molecular flexibility index (Phi) is 4.84. The first-order valence-electron chi connectivity index (χ1n) is 7.69. The van der Waals surface area contributed by atoms with E-state index in [2.05, 4.69) is 26.1 Å². The molecule has 2 nitrogen and oxygen atoms in total. The normalized spacial score (nSPS) is 26.7. The SMILES string of the molecule is CC(C)(C)C1CCC(CN)(Nc2cc(F)ccc2Cl)CC1. The molecule has 0 atom stereocenters. The number of benzene rings is 1. The van der Waals surface area contributed by atoms with Crippen LogP contribution in [0.5, 0.6) is 0 Å². The number of hydrogen-bond acceptors (Lipinski definition) is 2. The quantitative estimate of drug-likeness (QED) is 0.839. The third-order valence-electron chi connectivity index (χ3n) is 4.89. The van der Waals surface area contributed by atoms with Crippen molar-refractivity contribution >= 4 is 17.3 Å². The highest BCUT2D eigenvalue weighted by molar-refractivity contribution is 6.33. The molecule has 0 saturated heterocycles. The van der Waals surface area contributed by atoms with Gasteiger partial charge in [-0.1, -0.05) is 32.4 Å². The van der Waals surface area contributed by atoms with Gasteiger partial charge in [0.05, 0.1) is 10.7 Å². The summed E-state index contributed by atoms with van der Waals surface area (Å²) >= 11 is 6.17. The van der Waals surface area contributed by atoms with E-state index in [1.165, 1.54) is 12.1 Å². The van der Waals surface area contributed by atoms with E-state index in [1.54, 1.807) is 6.07 Å². The molecule has 2 rings (SSSR count). The van der Waals surface area contributed by atoms with Crippen LogP contribution in [0.25, 0.3) is 0 Å². The van der Waals surface area contributed by atoms with Gasteiger partial charge in [-0.25, -0.2) is 4.39 Å². The molecule has 1 aromatic rings. The summed E-state index contributed by atoms with van der Waals surface area (Å²) < 4.78 is 13.4. The predicted molar refractivity (Wildman–Crippen MR) is 88.2 cm³/mol. The molecule has 21 heavy (non-hydrogen) atoms. The number of anilines is 1. The van der Waals surface area contributed by atoms with Crippen LogP contribution in [0.2, 0.25) is 5.02 Å². The van der Waals surface area contributed by atoms with Crippen LogP contribution in [0.3, 0.4) is 0 Å². The fourth-order valence-electron chi connectivity index (χ4n) is 3.30. The van der Waals surface area contributed by atoms with Crippen LogP contribution in [-0.2, 0) is 0 Å². The van der Waals surface area contributed by atoms with Gasteiger partial charge in [-0.3, -0.25) is 0 Å². The molecule has 1 fully saturated rings. The van der Waals surface area contributed by atoms with E-state index in [4.69, 9.17) is 17.3 Å². The molecule has 0 aliphatic heterocycles. The van der Waals surface area contributed by atoms with E-state index in [1.807, 2.05) is 0 Å². The van der Waals surface area contributed by atoms with Crippen molar-refractivity contribution in [2.45, 2.75) is 52.0 Å². The molecule has 0 spiro atoms. The minimum absolute atomic E-state index is 0.167. The van der Waals surface area contributed by atoms with Crippen LogP contribution < -0.4 is 11.1 Å². The number of hydrogen-bond donors (Lipinski definition) is 2. The Hall–Kier alpha value is -0.800. The maximum absolute atomic E-state index is 13.4. The van der Waals surface area contributed by atoms with E-state index in [9.17, 15) is 4.39 Å². The molecule has 1 saturated carbocycles. The topological polar surface area (TPSA) is 38.0 Å². The molecule has 118 valence electrons. The van der Waals surface area contributed by atoms with Crippen LogP contribution in [-0.4, -0.2) is 12.1 Å². The largest absolute Gasteiger partial charge is 0.377 e. The highest BCUT2D eigenvalue weighted by Gasteiger charge is 2.38. The Morgan fingerprint density at radius 2 is 1.95 bits per heavy atom. The molecule has 3 N–H and O–H groups in total. The first-order chi connectivity index (χ1) is 9.76. The molecule has 0 unspecified atom stereocenters. The lowest BCUT2D eigenvalue weighted by Gasteiger charge is -2.44. The van der Waals surface area contributed by atoms with Gasteiger partial charge in [0.1, 0.15) is 5.82 Å². The third kappa shape index (κ3) is 3.89. The van der Waals surface area contributed by atoms with Crippen LogP contribution in [0.1, 0.15) is 46.5 Å². The summed E-state index contributed by atoms with van der Waals surface area (Å²) in [7, 11) is 0. The second-order valence-corrected chi connectivity index (χ2v) is 7.78. The molecular weight excluding hydrogens is 287 g/mol. The fourth-order valence-corrected chi connectivity index (χ4v) is 3.46. The third-order valence-corrected chi connectivity index (χ3v) is 5.22. The zero-order valence-corrected chi connectivity index (χ0v) is 13.9. The summed E-state index contributed by atoms with van der Waals surface area (Å²) in [6.07, 6.45) is 4.28. The van der Waals surface area contributed by atoms with Crippen LogP contribution in [0, 0.1) is 17.2 Å². The standard InChI is InChI=1S/C17H26ClFN2/c1-16(2,3)12-6-8-17(11-20,9-7-12)21-15-10-13(19)4-5-14(15)18/h4-5,10,12,21H,6-9,11,20H2,1-3H3. The highest BCUT2D eigenvalue weighted by Crippen LogP contribution is 2.42. The summed E-state index contributed by atoms with van der Waals surface area (Å²) in [6, 6.07) is 4.42. The van der Waals surface area contributed by atoms with Crippen LogP contribution >= 0.6 is 11.6 Å². The molecule has 1 aromatic carbocycles. The maximum Gasteiger partial charge on any atom is 0.125 e. The average molecular weight is 313 g/mol. The lowest BCUT2D eigenvalue weighted by atomic mass is 9.67. The van der Waals surface area contributed by atoms with Crippen LogP contribution in [0.4, 0.5) is 10.1 Å². The van der Waals surface area contributed by atoms with E-state index >= 15 is 0 Å². The van der Waals surface area contributed by atoms with Crippen molar-refractivity contribution in [3.63, 3.8) is 0 Å². The summed E-state index contributed by atoms with van der Waals surface area (Å²) in [4.78, 5) is 0. The zero-order valence-electron chi connectivity index (χ0n) is 13.2. The Labute approximate surface area is 132 Å². The minimum atomic E-state index is -0.280. The number of nitrogens with two attached hydrogens (primary N) is 1. The minimum Gasteiger partial charge on any atom is -0.377 e. The van der Waals surface area contributed by atoms with Gasteiger partial charge in [0.25, 0.3) is 0 Å². The molecule has 0 radical (unpaired) electrons. The van der Waals surface area contributed by atoms with Crippen molar-refractivity contribution < 1.29 is 4.39 Å². The van der Waals surface area contributed by atoms with E-state index in [0.717, 1.165) is 25.7 Å². The summed E-state index contributed by atoms with van der Waals surface area (Å²) in [5.74, 6) is 0.430. The first-order valence-corrected chi connectivity index (χ1v) is 8.07. The van der Waals surface area contributed by atoms with E-state index < -0.39 is 0 Å². The first kappa shape index (κ1) is 16.6. The van der Waals surface area contributed by atoms with Gasteiger partial charge in [0.15, 0.2) is 0 Å². The van der Waals surface area contributed by atoms with Crippen molar-refractivity contribution in [3.05, 3.63) is 29.0 Å². The van der Waals surface area contributed by atoms with Gasteiger partial charge in [0.2, 0.25) is 0 Å². The van der Waals surface area contributed by atoms with Crippen molar-refractivity contribution in [3.8, 4) is 0 Å². The fraction of sp³-hybridized carbons (Fsp3) is 0.647. The second-order valence-electron chi connectivity index (χ2n) is 7.37. The zero-order chi connectivity index (χ0) is 15.7. The monoisotopic (exact) mass is 312 g/mol. The molecule has 0 aromatic heterocycles. The molecule has 0 bridgehead atoms. The van der Waals surface area contributed by atoms with Crippen molar-refractivity contribution in [1.82, 2.24) is 0 Å². The Balaban J connectivity index is 2.12. The maximum atomic E-state index is 13.4. The lowest BCUT2D eigenvalue weighted by Crippen LogP contribution is -2.49. The van der Waals surface area contributed by atoms with Gasteiger partial charge in [-0.2, -0.15) is 0 Å². The predicted octanol–water partition coefficient (Wildman–Crippen LogP) is 4.82. The summed E-state index contributed by atoms with van der Waals surface area (Å²) in [6.45, 7) is 7.43. The van der Waals surface area contributed by atoms with Gasteiger partial charge in [0, 0.05) is 12.1 Å². The number of halogens is 2. The van der Waals surface area contributed by atoms with Gasteiger partial charge in [-0.15, -0.1) is 0 Å². The Morgan fingerprint density at radius 3 is 2.48 bits per heavy atom. The van der Waals surface area contributed by atoms with E-state index in [0.29, 0.717) is 28.6 Å². The molecule has 4 heteroatoms. The lowest BCUT2D eigenvalue weighted by molar-refractivity contribution is 0.145. The second kappa shape index (κ2) is 6.13. The highest BCUT2D eigenvalue weighted by atomic mass is 35.5. The van der Waals surface area contributed by atoms with Gasteiger partial charge in [-0.05, 0) is 55.2 Å². The Bertz CT molecular complexity index is 488. The summed E-state index contributed by atoms with van der Waals surface area (Å²) in [5, 5.41) is 3.97. The number of nitrogens with one attached hydrogen (secondary N) is 1. The summed E-state index contributed by atoms with van der Waals surface area (Å²) in [5.41, 5.74) is 6.84. The van der Waals surface area contributed by atoms with E-state index in [-0.39, 0.29) is 11.4 Å². The van der Waals surface area contributed by atoms with Crippen LogP contribution in [0.15, 0.2) is 18.2 Å². The molecule has 0 heterocycles. The smallest absolute Gasteiger partial charge is 0.125 e. The number of rotatable bonds is 3.